The molecule has 0 aliphatic heterocycles. The average molecular weight is 276 g/mol. The summed E-state index contributed by atoms with van der Waals surface area (Å²) in [5.74, 6) is -0.278. The lowest BCUT2D eigenvalue weighted by Crippen LogP contribution is -2.02. The number of aromatic nitrogens is 2. The highest BCUT2D eigenvalue weighted by atomic mass is 35.5. The smallest absolute Gasteiger partial charge is 0.156 e. The second-order valence-corrected chi connectivity index (χ2v) is 4.58. The van der Waals surface area contributed by atoms with Crippen LogP contribution in [0, 0.1) is 5.82 Å². The van der Waals surface area contributed by atoms with Gasteiger partial charge in [0.25, 0.3) is 0 Å². The van der Waals surface area contributed by atoms with Crippen LogP contribution in [0.3, 0.4) is 0 Å². The van der Waals surface area contributed by atoms with Gasteiger partial charge in [0.15, 0.2) is 5.65 Å². The van der Waals surface area contributed by atoms with E-state index < -0.39 is 0 Å². The Morgan fingerprint density at radius 3 is 2.63 bits per heavy atom. The first-order valence-electron chi connectivity index (χ1n) is 5.82. The molecule has 0 radical (unpaired) electrons. The van der Waals surface area contributed by atoms with Crippen molar-refractivity contribution in [2.45, 2.75) is 6.54 Å². The zero-order chi connectivity index (χ0) is 13.4. The third-order valence-corrected chi connectivity index (χ3v) is 3.31. The van der Waals surface area contributed by atoms with Crippen molar-refractivity contribution in [3.63, 3.8) is 0 Å². The molecule has 0 unspecified atom stereocenters. The van der Waals surface area contributed by atoms with Crippen LogP contribution >= 0.6 is 11.6 Å². The molecule has 0 aliphatic carbocycles. The number of halogens is 2. The SMILES string of the molecule is NCc1c(-c2ccc(F)cc2)nc2c(Cl)cccn12. The first-order valence-corrected chi connectivity index (χ1v) is 6.20. The highest BCUT2D eigenvalue weighted by molar-refractivity contribution is 6.33. The van der Waals surface area contributed by atoms with Gasteiger partial charge in [0, 0.05) is 18.3 Å². The van der Waals surface area contributed by atoms with E-state index in [4.69, 9.17) is 17.3 Å². The van der Waals surface area contributed by atoms with Crippen LogP contribution in [0.4, 0.5) is 4.39 Å². The summed E-state index contributed by atoms with van der Waals surface area (Å²) in [6.07, 6.45) is 1.86. The molecule has 3 nitrogen and oxygen atoms in total. The summed E-state index contributed by atoms with van der Waals surface area (Å²) in [4.78, 5) is 4.51. The Morgan fingerprint density at radius 2 is 1.95 bits per heavy atom. The molecule has 96 valence electrons. The summed E-state index contributed by atoms with van der Waals surface area (Å²) >= 11 is 6.13. The van der Waals surface area contributed by atoms with Crippen LogP contribution in [0.25, 0.3) is 16.9 Å². The third kappa shape index (κ3) is 1.99. The van der Waals surface area contributed by atoms with E-state index >= 15 is 0 Å². The van der Waals surface area contributed by atoms with E-state index in [1.54, 1.807) is 18.2 Å². The van der Waals surface area contributed by atoms with Crippen molar-refractivity contribution in [3.05, 3.63) is 59.1 Å². The zero-order valence-corrected chi connectivity index (χ0v) is 10.7. The fourth-order valence-corrected chi connectivity index (χ4v) is 2.32. The van der Waals surface area contributed by atoms with Gasteiger partial charge in [0.1, 0.15) is 5.82 Å². The van der Waals surface area contributed by atoms with Crippen molar-refractivity contribution in [2.75, 3.05) is 0 Å². The molecule has 0 saturated carbocycles. The second kappa shape index (κ2) is 4.64. The van der Waals surface area contributed by atoms with Gasteiger partial charge in [-0.05, 0) is 36.4 Å². The number of benzene rings is 1. The fourth-order valence-electron chi connectivity index (χ4n) is 2.12. The molecule has 0 saturated heterocycles. The van der Waals surface area contributed by atoms with E-state index in [-0.39, 0.29) is 5.82 Å². The minimum atomic E-state index is -0.278. The molecule has 0 amide bonds. The zero-order valence-electron chi connectivity index (χ0n) is 9.98. The topological polar surface area (TPSA) is 43.3 Å². The maximum Gasteiger partial charge on any atom is 0.156 e. The molecular weight excluding hydrogens is 265 g/mol. The van der Waals surface area contributed by atoms with Crippen LogP contribution in [0.15, 0.2) is 42.6 Å². The molecule has 3 aromatic rings. The lowest BCUT2D eigenvalue weighted by atomic mass is 10.1. The molecule has 0 spiro atoms. The Bertz CT molecular complexity index is 734. The van der Waals surface area contributed by atoms with Crippen LogP contribution < -0.4 is 5.73 Å². The lowest BCUT2D eigenvalue weighted by molar-refractivity contribution is 0.628. The van der Waals surface area contributed by atoms with Crippen LogP contribution in [-0.2, 0) is 6.54 Å². The highest BCUT2D eigenvalue weighted by Gasteiger charge is 2.14. The van der Waals surface area contributed by atoms with Crippen LogP contribution in [-0.4, -0.2) is 9.38 Å². The van der Waals surface area contributed by atoms with Crippen molar-refractivity contribution in [1.29, 1.82) is 0 Å². The summed E-state index contributed by atoms with van der Waals surface area (Å²) in [7, 11) is 0. The van der Waals surface area contributed by atoms with Gasteiger partial charge >= 0.3 is 0 Å². The van der Waals surface area contributed by atoms with Gasteiger partial charge in [-0.2, -0.15) is 0 Å². The van der Waals surface area contributed by atoms with Crippen molar-refractivity contribution in [3.8, 4) is 11.3 Å². The van der Waals surface area contributed by atoms with Gasteiger partial charge < -0.3 is 10.1 Å². The van der Waals surface area contributed by atoms with Gasteiger partial charge in [0.05, 0.1) is 16.4 Å². The molecule has 5 heteroatoms. The fraction of sp³-hybridized carbons (Fsp3) is 0.0714. The number of hydrogen-bond donors (Lipinski definition) is 1. The van der Waals surface area contributed by atoms with E-state index in [2.05, 4.69) is 4.98 Å². The van der Waals surface area contributed by atoms with Gasteiger partial charge in [-0.3, -0.25) is 0 Å². The van der Waals surface area contributed by atoms with Gasteiger partial charge in [-0.25, -0.2) is 9.37 Å². The Kier molecular flexibility index (Phi) is 2.97. The first kappa shape index (κ1) is 12.1. The Hall–Kier alpha value is -1.91. The Morgan fingerprint density at radius 1 is 1.21 bits per heavy atom. The molecular formula is C14H11ClFN3. The summed E-state index contributed by atoms with van der Waals surface area (Å²) in [6, 6.07) is 9.79. The number of pyridine rings is 1. The van der Waals surface area contributed by atoms with Crippen molar-refractivity contribution in [2.24, 2.45) is 5.73 Å². The number of hydrogen-bond acceptors (Lipinski definition) is 2. The predicted molar refractivity (Wildman–Crippen MR) is 73.5 cm³/mol. The molecule has 1 aromatic carbocycles. The van der Waals surface area contributed by atoms with Crippen molar-refractivity contribution < 1.29 is 4.39 Å². The second-order valence-electron chi connectivity index (χ2n) is 4.17. The van der Waals surface area contributed by atoms with Crippen LogP contribution in [0.1, 0.15) is 5.69 Å². The van der Waals surface area contributed by atoms with Gasteiger partial charge in [0.2, 0.25) is 0 Å². The normalized spacial score (nSPS) is 11.1. The first-order chi connectivity index (χ1) is 9.20. The number of nitrogens with two attached hydrogens (primary N) is 1. The van der Waals surface area contributed by atoms with Crippen molar-refractivity contribution in [1.82, 2.24) is 9.38 Å². The van der Waals surface area contributed by atoms with Gasteiger partial charge in [-0.15, -0.1) is 0 Å². The summed E-state index contributed by atoms with van der Waals surface area (Å²) in [5, 5.41) is 0.561. The number of imidazole rings is 1. The van der Waals surface area contributed by atoms with Crippen LogP contribution in [0.5, 0.6) is 0 Å². The predicted octanol–water partition coefficient (Wildman–Crippen LogP) is 3.25. The molecule has 2 heterocycles. The number of fused-ring (bicyclic) bond motifs is 1. The monoisotopic (exact) mass is 275 g/mol. The van der Waals surface area contributed by atoms with E-state index in [1.165, 1.54) is 12.1 Å². The Balaban J connectivity index is 2.29. The lowest BCUT2D eigenvalue weighted by Gasteiger charge is -2.02. The van der Waals surface area contributed by atoms with E-state index in [0.29, 0.717) is 17.2 Å². The molecule has 0 atom stereocenters. The van der Waals surface area contributed by atoms with E-state index in [9.17, 15) is 4.39 Å². The van der Waals surface area contributed by atoms with Crippen molar-refractivity contribution >= 4 is 17.2 Å². The minimum Gasteiger partial charge on any atom is -0.325 e. The molecule has 0 bridgehead atoms. The van der Waals surface area contributed by atoms with E-state index in [1.807, 2.05) is 16.7 Å². The third-order valence-electron chi connectivity index (χ3n) is 3.01. The molecule has 3 rings (SSSR count). The maximum atomic E-state index is 13.0. The van der Waals surface area contributed by atoms with Crippen LogP contribution in [0.2, 0.25) is 5.02 Å². The highest BCUT2D eigenvalue weighted by Crippen LogP contribution is 2.27. The summed E-state index contributed by atoms with van der Waals surface area (Å²) in [6.45, 7) is 0.328. The average Bonchev–Trinajstić information content (AvgIpc) is 2.79. The Labute approximate surface area is 114 Å². The molecule has 0 aliphatic rings. The molecule has 2 aromatic heterocycles. The standard InChI is InChI=1S/C14H11ClFN3/c15-11-2-1-7-19-12(8-17)13(18-14(11)19)9-3-5-10(16)6-4-9/h1-7H,8,17H2. The molecule has 0 fully saturated rings. The molecule has 2 N–H and O–H groups in total. The quantitative estimate of drug-likeness (QED) is 0.780. The van der Waals surface area contributed by atoms with Gasteiger partial charge in [-0.1, -0.05) is 11.6 Å². The largest absolute Gasteiger partial charge is 0.325 e. The summed E-state index contributed by atoms with van der Waals surface area (Å²) < 4.78 is 14.8. The maximum absolute atomic E-state index is 13.0. The van der Waals surface area contributed by atoms with E-state index in [0.717, 1.165) is 17.0 Å². The minimum absolute atomic E-state index is 0.278. The number of nitrogens with zero attached hydrogens (tertiary/aromatic N) is 2. The number of rotatable bonds is 2. The summed E-state index contributed by atoms with van der Waals surface area (Å²) in [5.41, 5.74) is 8.86. The molecule has 19 heavy (non-hydrogen) atoms.